The molecule has 4 N–H and O–H groups in total. The first-order chi connectivity index (χ1) is 18.3. The zero-order valence-electron chi connectivity index (χ0n) is 23.1. The molecule has 4 aliphatic carbocycles. The van der Waals surface area contributed by atoms with Crippen LogP contribution in [0.2, 0.25) is 0 Å². The van der Waals surface area contributed by atoms with E-state index in [1.54, 1.807) is 0 Å². The van der Waals surface area contributed by atoms with Gasteiger partial charge in [0, 0.05) is 6.42 Å². The van der Waals surface area contributed by atoms with Gasteiger partial charge in [0.05, 0.1) is 18.3 Å². The fourth-order valence-electron chi connectivity index (χ4n) is 9.19. The Morgan fingerprint density at radius 1 is 1.02 bits per heavy atom. The summed E-state index contributed by atoms with van der Waals surface area (Å²) < 4.78 is 88.0. The Hall–Kier alpha value is -1.02. The van der Waals surface area contributed by atoms with Crippen LogP contribution >= 0.6 is 0 Å². The van der Waals surface area contributed by atoms with Crippen molar-refractivity contribution in [3.8, 4) is 0 Å². The van der Waals surface area contributed by atoms with Crippen LogP contribution in [0.3, 0.4) is 0 Å². The van der Waals surface area contributed by atoms with Crippen LogP contribution in [0.15, 0.2) is 0 Å². The molecule has 0 aromatic carbocycles. The third-order valence-corrected chi connectivity index (χ3v) is 12.4. The molecular weight excluding hydrogens is 560 g/mol. The molecule has 4 fully saturated rings. The van der Waals surface area contributed by atoms with E-state index in [2.05, 4.69) is 11.7 Å². The van der Waals surface area contributed by atoms with Gasteiger partial charge in [-0.3, -0.25) is 9.35 Å². The van der Waals surface area contributed by atoms with E-state index in [1.165, 1.54) is 0 Å². The second kappa shape index (κ2) is 10.6. The molecule has 0 spiro atoms. The van der Waals surface area contributed by atoms with Gasteiger partial charge in [-0.1, -0.05) is 20.8 Å². The van der Waals surface area contributed by atoms with Crippen LogP contribution in [0, 0.1) is 46.3 Å². The van der Waals surface area contributed by atoms with Crippen molar-refractivity contribution in [3.05, 3.63) is 0 Å². The quantitative estimate of drug-likeness (QED) is 0.186. The molecule has 0 saturated heterocycles. The summed E-state index contributed by atoms with van der Waals surface area (Å²) in [7, 11) is -6.42. The molecule has 0 amide bonds. The molecule has 4 saturated carbocycles. The summed E-state index contributed by atoms with van der Waals surface area (Å²) in [6.07, 6.45) is 3.11. The average Bonchev–Trinajstić information content (AvgIpc) is 3.20. The maximum Gasteiger partial charge on any atom is 0.435 e. The van der Waals surface area contributed by atoms with Crippen molar-refractivity contribution < 1.29 is 55.4 Å². The minimum atomic E-state index is -6.42. The number of carbonyl (C=O) groups is 1. The lowest BCUT2D eigenvalue weighted by molar-refractivity contribution is -0.207. The third-order valence-electron chi connectivity index (χ3n) is 11.5. The smallest absolute Gasteiger partial charge is 0.435 e. The van der Waals surface area contributed by atoms with Gasteiger partial charge < -0.3 is 20.1 Å². The summed E-state index contributed by atoms with van der Waals surface area (Å²) in [6.45, 7) is 3.93. The summed E-state index contributed by atoms with van der Waals surface area (Å²) in [4.78, 5) is 12.1. The Balaban J connectivity index is 1.40. The Labute approximate surface area is 232 Å². The molecule has 0 heterocycles. The zero-order valence-corrected chi connectivity index (χ0v) is 23.9. The number of esters is 1. The molecule has 0 bridgehead atoms. The normalized spacial score (nSPS) is 42.9. The van der Waals surface area contributed by atoms with Crippen LogP contribution in [0.5, 0.6) is 0 Å². The zero-order chi connectivity index (χ0) is 30.1. The summed E-state index contributed by atoms with van der Waals surface area (Å²) in [5.74, 6) is -6.38. The minimum Gasteiger partial charge on any atom is -0.459 e. The highest BCUT2D eigenvalue weighted by Gasteiger charge is 2.67. The van der Waals surface area contributed by atoms with Crippen molar-refractivity contribution in [2.45, 2.75) is 108 Å². The van der Waals surface area contributed by atoms with Crippen molar-refractivity contribution in [3.63, 3.8) is 0 Å². The lowest BCUT2D eigenvalue weighted by atomic mass is 9.43. The number of aliphatic hydroxyl groups excluding tert-OH is 3. The molecule has 0 aromatic rings. The number of fused-ring (bicyclic) bond motifs is 5. The first kappa shape index (κ1) is 31.9. The Bertz CT molecular complexity index is 1070. The topological polar surface area (TPSA) is 141 Å². The largest absolute Gasteiger partial charge is 0.459 e. The third kappa shape index (κ3) is 5.09. The number of aliphatic hydroxyl groups is 3. The number of carbonyl (C=O) groups excluding carboxylic acids is 1. The summed E-state index contributed by atoms with van der Waals surface area (Å²) in [6, 6.07) is 0. The van der Waals surface area contributed by atoms with E-state index in [-0.39, 0.29) is 59.9 Å². The van der Waals surface area contributed by atoms with Crippen LogP contribution < -0.4 is 0 Å². The molecule has 11 atom stereocenters. The SMILES string of the molecule is C[C@H](CCC(=O)OCC(F)(F)C(F)(F)S(=O)(=O)O)[C@H]1CC[C@H]2[C@@H]3[C@H](O)C[C@@H]4C[C@H](O)CC[C@]4(C)[C@H]3C[C@H](O)[C@]12C. The highest BCUT2D eigenvalue weighted by atomic mass is 32.2. The lowest BCUT2D eigenvalue weighted by Gasteiger charge is -2.63. The minimum absolute atomic E-state index is 0.00115. The van der Waals surface area contributed by atoms with Crippen molar-refractivity contribution in [2.75, 3.05) is 6.61 Å². The van der Waals surface area contributed by atoms with Gasteiger partial charge in [0.2, 0.25) is 0 Å². The monoisotopic (exact) mass is 602 g/mol. The Kier molecular flexibility index (Phi) is 8.46. The molecule has 0 aliphatic heterocycles. The van der Waals surface area contributed by atoms with Crippen LogP contribution in [-0.4, -0.2) is 70.4 Å². The Morgan fingerprint density at radius 3 is 2.30 bits per heavy atom. The van der Waals surface area contributed by atoms with Crippen molar-refractivity contribution in [2.24, 2.45) is 46.3 Å². The summed E-state index contributed by atoms with van der Waals surface area (Å²) in [5, 5.41) is 27.4. The molecule has 8 nitrogen and oxygen atoms in total. The van der Waals surface area contributed by atoms with Gasteiger partial charge in [-0.15, -0.1) is 0 Å². The van der Waals surface area contributed by atoms with E-state index in [0.717, 1.165) is 19.3 Å². The van der Waals surface area contributed by atoms with Crippen LogP contribution in [0.25, 0.3) is 0 Å². The molecule has 40 heavy (non-hydrogen) atoms. The molecule has 0 radical (unpaired) electrons. The van der Waals surface area contributed by atoms with Crippen molar-refractivity contribution >= 4 is 16.1 Å². The highest BCUT2D eigenvalue weighted by molar-refractivity contribution is 7.87. The first-order valence-electron chi connectivity index (χ1n) is 14.2. The fourth-order valence-corrected chi connectivity index (χ4v) is 9.63. The van der Waals surface area contributed by atoms with E-state index in [4.69, 9.17) is 4.55 Å². The van der Waals surface area contributed by atoms with Gasteiger partial charge >= 0.3 is 27.3 Å². The molecule has 13 heteroatoms. The average molecular weight is 603 g/mol. The number of hydrogen-bond donors (Lipinski definition) is 4. The van der Waals surface area contributed by atoms with Crippen molar-refractivity contribution in [1.82, 2.24) is 0 Å². The van der Waals surface area contributed by atoms with E-state index in [9.17, 15) is 46.1 Å². The Morgan fingerprint density at radius 2 is 1.68 bits per heavy atom. The van der Waals surface area contributed by atoms with E-state index in [1.807, 2.05) is 13.8 Å². The fraction of sp³-hybridized carbons (Fsp3) is 0.963. The van der Waals surface area contributed by atoms with Crippen molar-refractivity contribution in [1.29, 1.82) is 0 Å². The maximum atomic E-state index is 13.7. The van der Waals surface area contributed by atoms with Gasteiger partial charge in [-0.2, -0.15) is 26.0 Å². The second-order valence-corrected chi connectivity index (χ2v) is 14.9. The first-order valence-corrected chi connectivity index (χ1v) is 15.6. The van der Waals surface area contributed by atoms with Gasteiger partial charge in [0.1, 0.15) is 0 Å². The number of alkyl halides is 4. The maximum absolute atomic E-state index is 13.7. The van der Waals surface area contributed by atoms with E-state index in [0.29, 0.717) is 25.7 Å². The van der Waals surface area contributed by atoms with Crippen LogP contribution in [0.4, 0.5) is 17.6 Å². The highest BCUT2D eigenvalue weighted by Crippen LogP contribution is 2.68. The lowest BCUT2D eigenvalue weighted by Crippen LogP contribution is -2.62. The molecule has 0 unspecified atom stereocenters. The summed E-state index contributed by atoms with van der Waals surface area (Å²) in [5.41, 5.74) is -0.624. The molecule has 4 rings (SSSR count). The second-order valence-electron chi connectivity index (χ2n) is 13.4. The van der Waals surface area contributed by atoms with Crippen LogP contribution in [-0.2, 0) is 19.6 Å². The van der Waals surface area contributed by atoms with E-state index >= 15 is 0 Å². The number of ether oxygens (including phenoxy) is 1. The van der Waals surface area contributed by atoms with Crippen LogP contribution in [0.1, 0.15) is 78.6 Å². The molecule has 0 aromatic heterocycles. The molecule has 4 aliphatic rings. The predicted molar refractivity (Wildman–Crippen MR) is 135 cm³/mol. The van der Waals surface area contributed by atoms with Gasteiger partial charge in [-0.25, -0.2) is 0 Å². The summed E-state index contributed by atoms with van der Waals surface area (Å²) >= 11 is 0. The molecule has 232 valence electrons. The standard InChI is InChI=1S/C27H42F4O8S/c1-14(4-7-22(35)39-13-26(28,29)27(30,31)40(36,37)38)17-5-6-18-23-19(12-21(34)25(17,18)3)24(2)9-8-16(32)10-15(24)11-20(23)33/h14-21,23,32-34H,4-13H2,1-3H3,(H,36,37,38)/t14-,15+,16-,17-,18+,19+,20-,21+,23+,24+,25-/m1/s1. The molecular formula is C27H42F4O8S. The number of halogens is 4. The number of rotatable bonds is 8. The van der Waals surface area contributed by atoms with Gasteiger partial charge in [0.15, 0.2) is 6.61 Å². The van der Waals surface area contributed by atoms with Gasteiger partial charge in [-0.05, 0) is 97.7 Å². The van der Waals surface area contributed by atoms with Gasteiger partial charge in [0.25, 0.3) is 0 Å². The predicted octanol–water partition coefficient (Wildman–Crippen LogP) is 4.02. The number of hydrogen-bond acceptors (Lipinski definition) is 7. The van der Waals surface area contributed by atoms with E-state index < -0.39 is 51.5 Å².